The van der Waals surface area contributed by atoms with Crippen molar-refractivity contribution in [1.82, 2.24) is 0 Å². The van der Waals surface area contributed by atoms with Crippen molar-refractivity contribution in [2.45, 2.75) is 18.9 Å². The summed E-state index contributed by atoms with van der Waals surface area (Å²) in [7, 11) is -9.11. The van der Waals surface area contributed by atoms with E-state index in [4.69, 9.17) is 25.3 Å². The van der Waals surface area contributed by atoms with Gasteiger partial charge in [-0.2, -0.15) is 0 Å². The summed E-state index contributed by atoms with van der Waals surface area (Å²) in [6, 6.07) is -0.734. The fraction of sp³-hybridized carbons (Fsp3) is 0.667. The highest BCUT2D eigenvalue weighted by Crippen LogP contribution is 2.36. The quantitative estimate of drug-likeness (QED) is 0.241. The molecule has 0 aromatic carbocycles. The molecule has 11 heteroatoms. The van der Waals surface area contributed by atoms with Crippen LogP contribution in [0.25, 0.3) is 0 Å². The van der Waals surface area contributed by atoms with Gasteiger partial charge in [-0.25, -0.2) is 9.13 Å². The second kappa shape index (κ2) is 7.11. The summed E-state index contributed by atoms with van der Waals surface area (Å²) in [4.78, 5) is 33.2. The lowest BCUT2D eigenvalue weighted by Gasteiger charge is -2.06. The molecule has 0 saturated carbocycles. The highest BCUT2D eigenvalue weighted by molar-refractivity contribution is 7.46. The Morgan fingerprint density at radius 3 is 2.24 bits per heavy atom. The molecule has 1 atom stereocenters. The topological polar surface area (TPSA) is 160 Å². The SMILES string of the molecule is NC(C#COP(=O)(O)O)CCCOP(=O)(O)O. The second-order valence-electron chi connectivity index (χ2n) is 2.90. The fourth-order valence-electron chi connectivity index (χ4n) is 0.720. The van der Waals surface area contributed by atoms with Crippen LogP contribution in [0.15, 0.2) is 0 Å². The lowest BCUT2D eigenvalue weighted by molar-refractivity contribution is 0.193. The van der Waals surface area contributed by atoms with Crippen molar-refractivity contribution in [3.63, 3.8) is 0 Å². The number of rotatable bonds is 6. The fourth-order valence-corrected chi connectivity index (χ4v) is 1.26. The first-order valence-corrected chi connectivity index (χ1v) is 7.36. The van der Waals surface area contributed by atoms with Gasteiger partial charge < -0.3 is 20.0 Å². The lowest BCUT2D eigenvalue weighted by atomic mass is 10.2. The summed E-state index contributed by atoms with van der Waals surface area (Å²) in [5.74, 6) is 2.20. The van der Waals surface area contributed by atoms with E-state index in [1.165, 1.54) is 0 Å². The van der Waals surface area contributed by atoms with Crippen LogP contribution in [0.1, 0.15) is 12.8 Å². The highest BCUT2D eigenvalue weighted by Gasteiger charge is 2.13. The average Bonchev–Trinajstić information content (AvgIpc) is 2.09. The zero-order valence-electron chi connectivity index (χ0n) is 8.59. The van der Waals surface area contributed by atoms with Gasteiger partial charge >= 0.3 is 15.6 Å². The number of hydrogen-bond acceptors (Lipinski definition) is 5. The third-order valence-electron chi connectivity index (χ3n) is 1.33. The van der Waals surface area contributed by atoms with E-state index in [2.05, 4.69) is 15.0 Å². The first-order chi connectivity index (χ1) is 7.60. The van der Waals surface area contributed by atoms with Gasteiger partial charge in [-0.15, -0.1) is 0 Å². The predicted octanol–water partition coefficient (Wildman–Crippen LogP) is -0.727. The Morgan fingerprint density at radius 1 is 1.18 bits per heavy atom. The highest BCUT2D eigenvalue weighted by atomic mass is 31.2. The summed E-state index contributed by atoms with van der Waals surface area (Å²) >= 11 is 0. The molecule has 0 fully saturated rings. The van der Waals surface area contributed by atoms with E-state index in [1.54, 1.807) is 6.11 Å². The van der Waals surface area contributed by atoms with E-state index in [-0.39, 0.29) is 19.4 Å². The van der Waals surface area contributed by atoms with Crippen LogP contribution in [0, 0.1) is 12.0 Å². The van der Waals surface area contributed by atoms with Crippen molar-refractivity contribution in [3.8, 4) is 12.0 Å². The number of phosphoric acid groups is 2. The van der Waals surface area contributed by atoms with Crippen molar-refractivity contribution in [2.75, 3.05) is 6.61 Å². The minimum absolute atomic E-state index is 0.195. The summed E-state index contributed by atoms with van der Waals surface area (Å²) < 4.78 is 28.4. The smallest absolute Gasteiger partial charge is 0.350 e. The Bertz CT molecular complexity index is 375. The van der Waals surface area contributed by atoms with Crippen LogP contribution in [0.5, 0.6) is 0 Å². The molecule has 0 aliphatic carbocycles. The molecule has 17 heavy (non-hydrogen) atoms. The van der Waals surface area contributed by atoms with Crippen LogP contribution < -0.4 is 5.73 Å². The first kappa shape index (κ1) is 16.6. The molecular weight excluding hydrogens is 276 g/mol. The molecule has 0 spiro atoms. The maximum Gasteiger partial charge on any atom is 0.533 e. The van der Waals surface area contributed by atoms with E-state index in [9.17, 15) is 9.13 Å². The second-order valence-corrected chi connectivity index (χ2v) is 5.30. The van der Waals surface area contributed by atoms with Gasteiger partial charge in [-0.05, 0) is 18.8 Å². The largest absolute Gasteiger partial charge is 0.533 e. The minimum atomic E-state index is -4.63. The summed E-state index contributed by atoms with van der Waals surface area (Å²) in [5, 5.41) is 0. The Balaban J connectivity index is 3.77. The molecule has 0 aliphatic heterocycles. The van der Waals surface area contributed by atoms with Gasteiger partial charge in [-0.3, -0.25) is 14.3 Å². The zero-order valence-corrected chi connectivity index (χ0v) is 10.4. The minimum Gasteiger partial charge on any atom is -0.350 e. The van der Waals surface area contributed by atoms with Gasteiger partial charge in [0.15, 0.2) is 0 Å². The Hall–Kier alpha value is -0.420. The molecule has 9 nitrogen and oxygen atoms in total. The van der Waals surface area contributed by atoms with Crippen LogP contribution >= 0.6 is 15.6 Å². The van der Waals surface area contributed by atoms with Crippen molar-refractivity contribution >= 4 is 15.6 Å². The van der Waals surface area contributed by atoms with Crippen molar-refractivity contribution in [1.29, 1.82) is 0 Å². The third kappa shape index (κ3) is 13.5. The number of nitrogens with two attached hydrogens (primary N) is 1. The molecule has 0 bridgehead atoms. The monoisotopic (exact) mass is 289 g/mol. The maximum atomic E-state index is 10.3. The van der Waals surface area contributed by atoms with Crippen molar-refractivity contribution in [2.24, 2.45) is 5.73 Å². The molecule has 0 heterocycles. The average molecular weight is 289 g/mol. The Kier molecular flexibility index (Phi) is 6.94. The predicted molar refractivity (Wildman–Crippen MR) is 56.1 cm³/mol. The lowest BCUT2D eigenvalue weighted by Crippen LogP contribution is -2.17. The summed E-state index contributed by atoms with van der Waals surface area (Å²) in [5.41, 5.74) is 5.40. The number of phosphoric ester groups is 2. The van der Waals surface area contributed by atoms with E-state index in [1.807, 2.05) is 0 Å². The van der Waals surface area contributed by atoms with Crippen LogP contribution in [0.2, 0.25) is 0 Å². The third-order valence-corrected chi connectivity index (χ3v) is 2.18. The molecule has 0 aromatic rings. The van der Waals surface area contributed by atoms with Crippen LogP contribution in [-0.4, -0.2) is 32.2 Å². The normalized spacial score (nSPS) is 13.7. The summed E-state index contributed by atoms with van der Waals surface area (Å²) in [6.07, 6.45) is 2.22. The van der Waals surface area contributed by atoms with E-state index in [0.717, 1.165) is 0 Å². The zero-order chi connectivity index (χ0) is 13.5. The van der Waals surface area contributed by atoms with Crippen LogP contribution in [0.4, 0.5) is 0 Å². The van der Waals surface area contributed by atoms with Gasteiger partial charge in [-0.1, -0.05) is 0 Å². The Morgan fingerprint density at radius 2 is 1.76 bits per heavy atom. The number of hydrogen-bond donors (Lipinski definition) is 5. The van der Waals surface area contributed by atoms with E-state index < -0.39 is 21.7 Å². The van der Waals surface area contributed by atoms with Crippen molar-refractivity contribution < 1.29 is 37.8 Å². The standard InChI is InChI=1S/C6H13NO8P2/c7-6(3-5-15-17(11,12)13)2-1-4-14-16(8,9)10/h6H,1-2,4,7H2,(H2,8,9,10)(H2,11,12,13). The molecule has 0 aliphatic rings. The van der Waals surface area contributed by atoms with E-state index in [0.29, 0.717) is 0 Å². The molecule has 0 radical (unpaired) electrons. The molecule has 0 saturated heterocycles. The van der Waals surface area contributed by atoms with Gasteiger partial charge in [0.05, 0.1) is 12.6 Å². The van der Waals surface area contributed by atoms with Gasteiger partial charge in [0, 0.05) is 0 Å². The van der Waals surface area contributed by atoms with Gasteiger partial charge in [0.1, 0.15) is 6.11 Å². The molecule has 0 amide bonds. The first-order valence-electron chi connectivity index (χ1n) is 4.30. The Labute approximate surface area is 97.4 Å². The summed E-state index contributed by atoms with van der Waals surface area (Å²) in [6.45, 7) is -0.195. The molecular formula is C6H13NO8P2. The van der Waals surface area contributed by atoms with Crippen LogP contribution in [0.3, 0.4) is 0 Å². The van der Waals surface area contributed by atoms with E-state index >= 15 is 0 Å². The van der Waals surface area contributed by atoms with Crippen molar-refractivity contribution in [3.05, 3.63) is 0 Å². The van der Waals surface area contributed by atoms with Gasteiger partial charge in [0.2, 0.25) is 0 Å². The molecule has 100 valence electrons. The maximum absolute atomic E-state index is 10.3. The molecule has 6 N–H and O–H groups in total. The van der Waals surface area contributed by atoms with Gasteiger partial charge in [0.25, 0.3) is 0 Å². The molecule has 0 aromatic heterocycles. The molecule has 0 rings (SSSR count). The molecule has 1 unspecified atom stereocenters. The van der Waals surface area contributed by atoms with Crippen LogP contribution in [-0.2, 0) is 18.2 Å².